The van der Waals surface area contributed by atoms with E-state index in [0.29, 0.717) is 35.9 Å². The second kappa shape index (κ2) is 8.93. The highest BCUT2D eigenvalue weighted by Gasteiger charge is 2.35. The van der Waals surface area contributed by atoms with Crippen molar-refractivity contribution in [3.05, 3.63) is 41.7 Å². The summed E-state index contributed by atoms with van der Waals surface area (Å²) in [5.74, 6) is 0.424. The summed E-state index contributed by atoms with van der Waals surface area (Å²) in [5.41, 5.74) is 1.42. The molecule has 2 fully saturated rings. The van der Waals surface area contributed by atoms with Crippen LogP contribution < -0.4 is 20.3 Å². The normalized spacial score (nSPS) is 20.5. The zero-order valence-corrected chi connectivity index (χ0v) is 18.8. The Morgan fingerprint density at radius 1 is 1.33 bits per heavy atom. The molecule has 0 radical (unpaired) electrons. The minimum atomic E-state index is -0.515. The molecule has 9 nitrogen and oxygen atoms in total. The molecule has 0 aliphatic carbocycles. The fraction of sp³-hybridized carbons (Fsp3) is 0.478. The van der Waals surface area contributed by atoms with Crippen LogP contribution in [-0.4, -0.2) is 57.5 Å². The van der Waals surface area contributed by atoms with Gasteiger partial charge in [-0.3, -0.25) is 4.79 Å². The molecule has 3 aromatic heterocycles. The number of carbonyl (C=O) groups excluding carboxylic acids is 1. The average molecular weight is 454 g/mol. The molecule has 0 bridgehead atoms. The van der Waals surface area contributed by atoms with Gasteiger partial charge in [-0.05, 0) is 52.1 Å². The van der Waals surface area contributed by atoms with E-state index in [2.05, 4.69) is 30.5 Å². The van der Waals surface area contributed by atoms with E-state index in [1.807, 2.05) is 6.92 Å². The van der Waals surface area contributed by atoms with Gasteiger partial charge in [-0.2, -0.15) is 4.98 Å². The van der Waals surface area contributed by atoms with Crippen LogP contribution in [0.2, 0.25) is 0 Å². The van der Waals surface area contributed by atoms with E-state index in [1.165, 1.54) is 18.7 Å². The van der Waals surface area contributed by atoms with Gasteiger partial charge in [0, 0.05) is 37.2 Å². The molecule has 5 rings (SSSR count). The standard InChI is InChI=1S/C23H28FN7O2/c1-3-33-22-17(21(32)28-16-9-18(24)20-27-14(2)12-30(20)13-16)11-26-23(29-22)31-8-4-5-15-10-25-7-6-19(15)31/h9,11-13,15,19,25H,3-8,10H2,1-2H3,(H,28,32). The maximum absolute atomic E-state index is 14.4. The van der Waals surface area contributed by atoms with Gasteiger partial charge in [0.15, 0.2) is 11.5 Å². The second-order valence-electron chi connectivity index (χ2n) is 8.62. The number of imidazole rings is 1. The maximum Gasteiger partial charge on any atom is 0.262 e. The largest absolute Gasteiger partial charge is 0.477 e. The van der Waals surface area contributed by atoms with E-state index in [1.54, 1.807) is 23.7 Å². The Morgan fingerprint density at radius 3 is 3.06 bits per heavy atom. The van der Waals surface area contributed by atoms with Gasteiger partial charge in [0.25, 0.3) is 5.91 Å². The highest BCUT2D eigenvalue weighted by atomic mass is 19.1. The molecule has 3 aromatic rings. The molecule has 5 heterocycles. The second-order valence-corrected chi connectivity index (χ2v) is 8.62. The molecule has 174 valence electrons. The van der Waals surface area contributed by atoms with Crippen LogP contribution in [0.4, 0.5) is 16.0 Å². The number of nitrogens with zero attached hydrogens (tertiary/aromatic N) is 5. The van der Waals surface area contributed by atoms with Crippen molar-refractivity contribution in [2.24, 2.45) is 5.92 Å². The van der Waals surface area contributed by atoms with Gasteiger partial charge in [0.05, 0.1) is 18.0 Å². The number of fused-ring (bicyclic) bond motifs is 2. The topological polar surface area (TPSA) is 96.7 Å². The Bertz CT molecular complexity index is 1180. The summed E-state index contributed by atoms with van der Waals surface area (Å²) in [6.07, 6.45) is 8.15. The van der Waals surface area contributed by atoms with Gasteiger partial charge in [-0.25, -0.2) is 14.4 Å². The summed E-state index contributed by atoms with van der Waals surface area (Å²) in [6, 6.07) is 1.64. The summed E-state index contributed by atoms with van der Waals surface area (Å²) in [7, 11) is 0. The third-order valence-corrected chi connectivity index (χ3v) is 6.35. The van der Waals surface area contributed by atoms with Crippen LogP contribution in [-0.2, 0) is 0 Å². The maximum atomic E-state index is 14.4. The molecule has 33 heavy (non-hydrogen) atoms. The number of pyridine rings is 1. The molecule has 2 aliphatic heterocycles. The summed E-state index contributed by atoms with van der Waals surface area (Å²) < 4.78 is 21.7. The van der Waals surface area contributed by atoms with Crippen LogP contribution in [0.15, 0.2) is 24.7 Å². The number of piperidine rings is 2. The van der Waals surface area contributed by atoms with Crippen LogP contribution in [0.3, 0.4) is 0 Å². The first-order chi connectivity index (χ1) is 16.0. The molecule has 1 amide bonds. The number of aryl methyl sites for hydroxylation is 1. The summed E-state index contributed by atoms with van der Waals surface area (Å²) in [6.45, 7) is 6.87. The minimum Gasteiger partial charge on any atom is -0.477 e. The number of aromatic nitrogens is 4. The van der Waals surface area contributed by atoms with Crippen molar-refractivity contribution in [3.63, 3.8) is 0 Å². The summed E-state index contributed by atoms with van der Waals surface area (Å²) in [5, 5.41) is 6.21. The fourth-order valence-electron chi connectivity index (χ4n) is 4.90. The molecular formula is C23H28FN7O2. The van der Waals surface area contributed by atoms with Gasteiger partial charge < -0.3 is 24.7 Å². The first kappa shape index (κ1) is 21.6. The van der Waals surface area contributed by atoms with Crippen LogP contribution in [0.25, 0.3) is 5.65 Å². The Balaban J connectivity index is 1.41. The lowest BCUT2D eigenvalue weighted by Gasteiger charge is -2.44. The number of halogens is 1. The van der Waals surface area contributed by atoms with Crippen molar-refractivity contribution in [3.8, 4) is 5.88 Å². The number of nitrogens with one attached hydrogen (secondary N) is 2. The first-order valence-electron chi connectivity index (χ1n) is 11.5. The molecule has 2 atom stereocenters. The number of hydrogen-bond acceptors (Lipinski definition) is 7. The van der Waals surface area contributed by atoms with Crippen LogP contribution >= 0.6 is 0 Å². The Hall–Kier alpha value is -3.27. The van der Waals surface area contributed by atoms with E-state index in [-0.39, 0.29) is 17.1 Å². The van der Waals surface area contributed by atoms with E-state index < -0.39 is 11.7 Å². The fourth-order valence-corrected chi connectivity index (χ4v) is 4.90. The lowest BCUT2D eigenvalue weighted by Crippen LogP contribution is -2.53. The van der Waals surface area contributed by atoms with Crippen molar-refractivity contribution in [2.75, 3.05) is 36.5 Å². The number of carbonyl (C=O) groups is 1. The number of amides is 1. The molecule has 2 saturated heterocycles. The lowest BCUT2D eigenvalue weighted by atomic mass is 9.85. The highest BCUT2D eigenvalue weighted by Crippen LogP contribution is 2.31. The molecule has 2 aliphatic rings. The molecule has 0 saturated carbocycles. The number of anilines is 2. The van der Waals surface area contributed by atoms with Crippen molar-refractivity contribution in [2.45, 2.75) is 39.2 Å². The quantitative estimate of drug-likeness (QED) is 0.613. The van der Waals surface area contributed by atoms with Crippen molar-refractivity contribution >= 4 is 23.2 Å². The minimum absolute atomic E-state index is 0.210. The monoisotopic (exact) mass is 453 g/mol. The van der Waals surface area contributed by atoms with Crippen LogP contribution in [0.5, 0.6) is 5.88 Å². The summed E-state index contributed by atoms with van der Waals surface area (Å²) in [4.78, 5) is 28.6. The third-order valence-electron chi connectivity index (χ3n) is 6.35. The molecule has 10 heteroatoms. The predicted molar refractivity (Wildman–Crippen MR) is 122 cm³/mol. The van der Waals surface area contributed by atoms with Crippen LogP contribution in [0, 0.1) is 18.7 Å². The van der Waals surface area contributed by atoms with Crippen molar-refractivity contribution in [1.29, 1.82) is 0 Å². The summed E-state index contributed by atoms with van der Waals surface area (Å²) >= 11 is 0. The number of hydrogen-bond donors (Lipinski definition) is 2. The Kier molecular flexibility index (Phi) is 5.84. The lowest BCUT2D eigenvalue weighted by molar-refractivity contribution is 0.102. The number of ether oxygens (including phenoxy) is 1. The molecule has 2 N–H and O–H groups in total. The van der Waals surface area contributed by atoms with Crippen molar-refractivity contribution in [1.82, 2.24) is 24.7 Å². The smallest absolute Gasteiger partial charge is 0.262 e. The van der Waals surface area contributed by atoms with E-state index in [4.69, 9.17) is 4.74 Å². The van der Waals surface area contributed by atoms with E-state index >= 15 is 0 Å². The van der Waals surface area contributed by atoms with E-state index in [9.17, 15) is 9.18 Å². The Morgan fingerprint density at radius 2 is 2.21 bits per heavy atom. The van der Waals surface area contributed by atoms with Gasteiger partial charge >= 0.3 is 0 Å². The van der Waals surface area contributed by atoms with Gasteiger partial charge in [-0.15, -0.1) is 0 Å². The highest BCUT2D eigenvalue weighted by molar-refractivity contribution is 6.05. The van der Waals surface area contributed by atoms with Gasteiger partial charge in [-0.1, -0.05) is 0 Å². The molecular weight excluding hydrogens is 425 g/mol. The third kappa shape index (κ3) is 4.22. The average Bonchev–Trinajstić information content (AvgIpc) is 3.19. The zero-order chi connectivity index (χ0) is 22.9. The SMILES string of the molecule is CCOc1nc(N2CCCC3CNCCC32)ncc1C(=O)Nc1cc(F)c2nc(C)cn2c1. The molecule has 0 spiro atoms. The first-order valence-corrected chi connectivity index (χ1v) is 11.5. The predicted octanol–water partition coefficient (Wildman–Crippen LogP) is 2.80. The van der Waals surface area contributed by atoms with Gasteiger partial charge in [0.2, 0.25) is 11.8 Å². The molecule has 0 aromatic carbocycles. The Labute approximate surface area is 191 Å². The van der Waals surface area contributed by atoms with Crippen molar-refractivity contribution < 1.29 is 13.9 Å². The molecule has 2 unspecified atom stereocenters. The number of rotatable bonds is 5. The van der Waals surface area contributed by atoms with E-state index in [0.717, 1.165) is 32.5 Å². The van der Waals surface area contributed by atoms with Crippen LogP contribution in [0.1, 0.15) is 42.2 Å². The zero-order valence-electron chi connectivity index (χ0n) is 18.8. The van der Waals surface area contributed by atoms with Gasteiger partial charge in [0.1, 0.15) is 5.56 Å².